The Morgan fingerprint density at radius 1 is 1.00 bits per heavy atom. The maximum atomic E-state index is 5.52. The summed E-state index contributed by atoms with van der Waals surface area (Å²) in [5.41, 5.74) is 2.33. The smallest absolute Gasteiger partial charge is 0.120 e. The first-order valence-electron chi connectivity index (χ1n) is 5.52. The van der Waals surface area contributed by atoms with Crippen LogP contribution in [-0.4, -0.2) is 11.6 Å². The molecular formula is C14H13NO. The molecule has 0 radical (unpaired) electrons. The molecule has 0 bridgehead atoms. The Kier molecular flexibility index (Phi) is 2.07. The van der Waals surface area contributed by atoms with Gasteiger partial charge in [-0.3, -0.25) is 0 Å². The van der Waals surface area contributed by atoms with E-state index in [0.717, 1.165) is 11.3 Å². The maximum absolute atomic E-state index is 5.52. The molecule has 0 saturated heterocycles. The minimum absolute atomic E-state index is 0.702. The zero-order valence-electron chi connectivity index (χ0n) is 9.16. The highest BCUT2D eigenvalue weighted by Crippen LogP contribution is 2.28. The summed E-state index contributed by atoms with van der Waals surface area (Å²) in [5, 5.41) is 2.47. The molecule has 0 aliphatic carbocycles. The van der Waals surface area contributed by atoms with Gasteiger partial charge in [-0.05, 0) is 31.2 Å². The first-order chi connectivity index (χ1) is 7.88. The Bertz CT molecular complexity index is 639. The number of hydrogen-bond donors (Lipinski definition) is 1. The zero-order chi connectivity index (χ0) is 11.0. The van der Waals surface area contributed by atoms with Crippen LogP contribution >= 0.6 is 0 Å². The van der Waals surface area contributed by atoms with E-state index in [2.05, 4.69) is 35.3 Å². The molecule has 0 atom stereocenters. The summed E-state index contributed by atoms with van der Waals surface area (Å²) in [6, 6.07) is 14.5. The van der Waals surface area contributed by atoms with Gasteiger partial charge in [0.05, 0.1) is 6.61 Å². The number of hydrogen-bond acceptors (Lipinski definition) is 1. The second kappa shape index (κ2) is 3.56. The van der Waals surface area contributed by atoms with Gasteiger partial charge in [-0.25, -0.2) is 0 Å². The van der Waals surface area contributed by atoms with Gasteiger partial charge in [0.2, 0.25) is 0 Å². The van der Waals surface area contributed by atoms with Crippen molar-refractivity contribution in [2.45, 2.75) is 6.92 Å². The highest BCUT2D eigenvalue weighted by atomic mass is 16.5. The van der Waals surface area contributed by atoms with Crippen molar-refractivity contribution >= 4 is 21.8 Å². The van der Waals surface area contributed by atoms with E-state index in [0.29, 0.717) is 6.61 Å². The molecule has 1 aromatic heterocycles. The number of rotatable bonds is 2. The Morgan fingerprint density at radius 3 is 2.69 bits per heavy atom. The number of para-hydroxylation sites is 1. The summed E-state index contributed by atoms with van der Waals surface area (Å²) in [5.74, 6) is 0.930. The van der Waals surface area contributed by atoms with Crippen LogP contribution in [-0.2, 0) is 0 Å². The molecule has 0 amide bonds. The molecule has 0 aliphatic rings. The van der Waals surface area contributed by atoms with Crippen molar-refractivity contribution in [3.8, 4) is 5.75 Å². The topological polar surface area (TPSA) is 25.0 Å². The average molecular weight is 211 g/mol. The van der Waals surface area contributed by atoms with Crippen molar-refractivity contribution in [2.75, 3.05) is 6.61 Å². The lowest BCUT2D eigenvalue weighted by Crippen LogP contribution is -1.90. The second-order valence-corrected chi connectivity index (χ2v) is 3.81. The van der Waals surface area contributed by atoms with Gasteiger partial charge in [0.25, 0.3) is 0 Å². The van der Waals surface area contributed by atoms with Gasteiger partial charge in [-0.1, -0.05) is 18.2 Å². The van der Waals surface area contributed by atoms with E-state index in [-0.39, 0.29) is 0 Å². The van der Waals surface area contributed by atoms with Crippen molar-refractivity contribution in [3.05, 3.63) is 42.5 Å². The Hall–Kier alpha value is -1.96. The first kappa shape index (κ1) is 9.28. The SMILES string of the molecule is CCOc1ccc2[nH]c3ccccc3c2c1. The van der Waals surface area contributed by atoms with E-state index >= 15 is 0 Å². The lowest BCUT2D eigenvalue weighted by Gasteiger charge is -2.01. The highest BCUT2D eigenvalue weighted by molar-refractivity contribution is 6.07. The van der Waals surface area contributed by atoms with Crippen molar-refractivity contribution in [2.24, 2.45) is 0 Å². The van der Waals surface area contributed by atoms with Gasteiger partial charge >= 0.3 is 0 Å². The Labute approximate surface area is 93.8 Å². The van der Waals surface area contributed by atoms with E-state index in [9.17, 15) is 0 Å². The van der Waals surface area contributed by atoms with Gasteiger partial charge in [0, 0.05) is 21.8 Å². The highest BCUT2D eigenvalue weighted by Gasteiger charge is 2.04. The zero-order valence-corrected chi connectivity index (χ0v) is 9.16. The molecule has 0 unspecified atom stereocenters. The number of aromatic nitrogens is 1. The summed E-state index contributed by atoms with van der Waals surface area (Å²) in [6.07, 6.45) is 0. The van der Waals surface area contributed by atoms with Crippen molar-refractivity contribution in [3.63, 3.8) is 0 Å². The third-order valence-electron chi connectivity index (χ3n) is 2.79. The van der Waals surface area contributed by atoms with E-state index in [1.807, 2.05) is 19.1 Å². The van der Waals surface area contributed by atoms with Gasteiger partial charge in [-0.15, -0.1) is 0 Å². The summed E-state index contributed by atoms with van der Waals surface area (Å²) >= 11 is 0. The lowest BCUT2D eigenvalue weighted by molar-refractivity contribution is 0.341. The predicted octanol–water partition coefficient (Wildman–Crippen LogP) is 3.72. The molecule has 3 aromatic rings. The fourth-order valence-electron chi connectivity index (χ4n) is 2.08. The van der Waals surface area contributed by atoms with Crippen LogP contribution in [0.5, 0.6) is 5.75 Å². The molecule has 0 saturated carbocycles. The lowest BCUT2D eigenvalue weighted by atomic mass is 10.1. The van der Waals surface area contributed by atoms with Crippen molar-refractivity contribution in [1.82, 2.24) is 4.98 Å². The number of benzene rings is 2. The van der Waals surface area contributed by atoms with E-state index in [1.165, 1.54) is 16.3 Å². The quantitative estimate of drug-likeness (QED) is 0.686. The molecule has 2 aromatic carbocycles. The van der Waals surface area contributed by atoms with Gasteiger partial charge in [0.15, 0.2) is 0 Å². The van der Waals surface area contributed by atoms with Crippen LogP contribution < -0.4 is 4.74 Å². The second-order valence-electron chi connectivity index (χ2n) is 3.81. The van der Waals surface area contributed by atoms with E-state index in [1.54, 1.807) is 0 Å². The molecule has 3 rings (SSSR count). The molecule has 1 heterocycles. The minimum Gasteiger partial charge on any atom is -0.494 e. The Balaban J connectivity index is 2.31. The van der Waals surface area contributed by atoms with Gasteiger partial charge in [-0.2, -0.15) is 0 Å². The molecular weight excluding hydrogens is 198 g/mol. The van der Waals surface area contributed by atoms with Crippen LogP contribution in [0.15, 0.2) is 42.5 Å². The number of aromatic amines is 1. The van der Waals surface area contributed by atoms with Crippen LogP contribution in [0, 0.1) is 0 Å². The molecule has 80 valence electrons. The third kappa shape index (κ3) is 1.34. The molecule has 2 heteroatoms. The molecule has 16 heavy (non-hydrogen) atoms. The minimum atomic E-state index is 0.702. The molecule has 0 spiro atoms. The van der Waals surface area contributed by atoms with Crippen molar-refractivity contribution in [1.29, 1.82) is 0 Å². The van der Waals surface area contributed by atoms with Crippen molar-refractivity contribution < 1.29 is 4.74 Å². The Morgan fingerprint density at radius 2 is 1.81 bits per heavy atom. The predicted molar refractivity (Wildman–Crippen MR) is 67.0 cm³/mol. The third-order valence-corrected chi connectivity index (χ3v) is 2.79. The number of nitrogens with one attached hydrogen (secondary N) is 1. The van der Waals surface area contributed by atoms with Crippen LogP contribution in [0.2, 0.25) is 0 Å². The molecule has 2 nitrogen and oxygen atoms in total. The standard InChI is InChI=1S/C14H13NO/c1-2-16-10-7-8-14-12(9-10)11-5-3-4-6-13(11)15-14/h3-9,15H,2H2,1H3. The van der Waals surface area contributed by atoms with Crippen LogP contribution in [0.4, 0.5) is 0 Å². The van der Waals surface area contributed by atoms with Crippen LogP contribution in [0.1, 0.15) is 6.92 Å². The molecule has 1 N–H and O–H groups in total. The summed E-state index contributed by atoms with van der Waals surface area (Å²) in [7, 11) is 0. The van der Waals surface area contributed by atoms with Crippen LogP contribution in [0.3, 0.4) is 0 Å². The number of ether oxygens (including phenoxy) is 1. The summed E-state index contributed by atoms with van der Waals surface area (Å²) < 4.78 is 5.52. The monoisotopic (exact) mass is 211 g/mol. The van der Waals surface area contributed by atoms with E-state index in [4.69, 9.17) is 4.74 Å². The van der Waals surface area contributed by atoms with Crippen LogP contribution in [0.25, 0.3) is 21.8 Å². The summed E-state index contributed by atoms with van der Waals surface area (Å²) in [4.78, 5) is 3.39. The largest absolute Gasteiger partial charge is 0.494 e. The van der Waals surface area contributed by atoms with Gasteiger partial charge in [0.1, 0.15) is 5.75 Å². The van der Waals surface area contributed by atoms with Gasteiger partial charge < -0.3 is 9.72 Å². The number of fused-ring (bicyclic) bond motifs is 3. The fraction of sp³-hybridized carbons (Fsp3) is 0.143. The van der Waals surface area contributed by atoms with E-state index < -0.39 is 0 Å². The first-order valence-corrected chi connectivity index (χ1v) is 5.52. The molecule has 0 fully saturated rings. The fourth-order valence-corrected chi connectivity index (χ4v) is 2.08. The summed E-state index contributed by atoms with van der Waals surface area (Å²) in [6.45, 7) is 2.70. The molecule has 0 aliphatic heterocycles. The number of H-pyrrole nitrogens is 1. The average Bonchev–Trinajstić information content (AvgIpc) is 2.68. The maximum Gasteiger partial charge on any atom is 0.120 e. The normalized spacial score (nSPS) is 11.1.